The minimum absolute atomic E-state index is 0.213. The molecule has 0 unspecified atom stereocenters. The highest BCUT2D eigenvalue weighted by atomic mass is 32.2. The van der Waals surface area contributed by atoms with Gasteiger partial charge in [-0.15, -0.1) is 0 Å². The first-order valence-electron chi connectivity index (χ1n) is 3.22. The Morgan fingerprint density at radius 1 is 1.67 bits per heavy atom. The average molecular weight is 213 g/mol. The van der Waals surface area contributed by atoms with Crippen molar-refractivity contribution in [3.63, 3.8) is 0 Å². The Hall–Kier alpha value is -0.400. The summed E-state index contributed by atoms with van der Waals surface area (Å²) in [6.45, 7) is 0.368. The molecular weight excluding hydrogens is 202 g/mol. The summed E-state index contributed by atoms with van der Waals surface area (Å²) in [4.78, 5) is 0. The molecule has 0 fully saturated rings. The Morgan fingerprint density at radius 3 is 2.67 bits per heavy atom. The van der Waals surface area contributed by atoms with Crippen LogP contribution >= 0.6 is 12.2 Å². The average Bonchev–Trinajstić information content (AvgIpc) is 1.96. The van der Waals surface area contributed by atoms with Gasteiger partial charge in [0, 0.05) is 6.54 Å². The zero-order valence-corrected chi connectivity index (χ0v) is 8.24. The first-order valence-corrected chi connectivity index (χ1v) is 5.24. The fourth-order valence-corrected chi connectivity index (χ4v) is 1.13. The standard InChI is InChI=1S/C5H11NO4S2/c1-10-5(11)6-3-2-4-12(7,8)9/h2-4H2,1H3,(H,6,11)(H,7,8,9). The van der Waals surface area contributed by atoms with Crippen molar-refractivity contribution in [2.24, 2.45) is 0 Å². The molecule has 0 aliphatic heterocycles. The van der Waals surface area contributed by atoms with Crippen LogP contribution in [0.1, 0.15) is 6.42 Å². The van der Waals surface area contributed by atoms with Crippen molar-refractivity contribution in [2.75, 3.05) is 19.4 Å². The van der Waals surface area contributed by atoms with Gasteiger partial charge in [-0.05, 0) is 18.6 Å². The van der Waals surface area contributed by atoms with Crippen LogP contribution in [0.15, 0.2) is 0 Å². The molecule has 0 amide bonds. The number of hydrogen-bond donors (Lipinski definition) is 2. The van der Waals surface area contributed by atoms with E-state index in [2.05, 4.69) is 22.3 Å². The van der Waals surface area contributed by atoms with Crippen molar-refractivity contribution in [2.45, 2.75) is 6.42 Å². The van der Waals surface area contributed by atoms with Crippen molar-refractivity contribution < 1.29 is 17.7 Å². The zero-order chi connectivity index (χ0) is 9.61. The van der Waals surface area contributed by atoms with Crippen LogP contribution in [0.25, 0.3) is 0 Å². The smallest absolute Gasteiger partial charge is 0.264 e. The number of thiocarbonyl (C=S) groups is 1. The molecular formula is C5H11NO4S2. The van der Waals surface area contributed by atoms with E-state index in [1.807, 2.05) is 0 Å². The van der Waals surface area contributed by atoms with Crippen molar-refractivity contribution in [3.05, 3.63) is 0 Å². The van der Waals surface area contributed by atoms with Gasteiger partial charge in [-0.2, -0.15) is 8.42 Å². The second-order valence-electron chi connectivity index (χ2n) is 2.06. The van der Waals surface area contributed by atoms with Gasteiger partial charge in [0.15, 0.2) is 0 Å². The van der Waals surface area contributed by atoms with E-state index in [1.54, 1.807) is 0 Å². The minimum Gasteiger partial charge on any atom is -0.474 e. The Bertz CT molecular complexity index is 236. The van der Waals surface area contributed by atoms with Crippen LogP contribution < -0.4 is 5.32 Å². The molecule has 0 aliphatic carbocycles. The molecule has 0 aromatic carbocycles. The Balaban J connectivity index is 3.40. The highest BCUT2D eigenvalue weighted by molar-refractivity contribution is 7.85. The van der Waals surface area contributed by atoms with E-state index in [4.69, 9.17) is 4.55 Å². The van der Waals surface area contributed by atoms with Crippen LogP contribution in [0.5, 0.6) is 0 Å². The van der Waals surface area contributed by atoms with Crippen molar-refractivity contribution >= 4 is 27.5 Å². The van der Waals surface area contributed by atoms with Gasteiger partial charge in [0.05, 0.1) is 12.9 Å². The third-order valence-corrected chi connectivity index (χ3v) is 2.15. The lowest BCUT2D eigenvalue weighted by atomic mass is 10.5. The minimum atomic E-state index is -3.85. The summed E-state index contributed by atoms with van der Waals surface area (Å²) in [7, 11) is -2.44. The quantitative estimate of drug-likeness (QED) is 0.382. The fourth-order valence-electron chi connectivity index (χ4n) is 0.517. The normalized spacial score (nSPS) is 10.8. The first-order chi connectivity index (χ1) is 5.45. The van der Waals surface area contributed by atoms with Crippen LogP contribution in [0.3, 0.4) is 0 Å². The third kappa shape index (κ3) is 7.70. The predicted octanol–water partition coefficient (Wildman–Crippen LogP) is -0.215. The fraction of sp³-hybridized carbons (Fsp3) is 0.800. The number of methoxy groups -OCH3 is 1. The molecule has 0 aliphatic rings. The van der Waals surface area contributed by atoms with Gasteiger partial charge in [0.1, 0.15) is 0 Å². The van der Waals surface area contributed by atoms with Crippen LogP contribution in [0.2, 0.25) is 0 Å². The third-order valence-electron chi connectivity index (χ3n) is 1.03. The lowest BCUT2D eigenvalue weighted by Gasteiger charge is -2.04. The summed E-state index contributed by atoms with van der Waals surface area (Å²) in [6, 6.07) is 0. The molecule has 0 spiro atoms. The van der Waals surface area contributed by atoms with Gasteiger partial charge in [-0.25, -0.2) is 0 Å². The molecule has 0 saturated heterocycles. The number of nitrogens with one attached hydrogen (secondary N) is 1. The van der Waals surface area contributed by atoms with E-state index >= 15 is 0 Å². The topological polar surface area (TPSA) is 75.6 Å². The van der Waals surface area contributed by atoms with E-state index in [1.165, 1.54) is 7.11 Å². The van der Waals surface area contributed by atoms with Crippen molar-refractivity contribution in [3.8, 4) is 0 Å². The molecule has 0 heterocycles. The summed E-state index contributed by atoms with van der Waals surface area (Å²) in [5.74, 6) is -0.272. The van der Waals surface area contributed by atoms with Gasteiger partial charge in [0.25, 0.3) is 15.3 Å². The van der Waals surface area contributed by atoms with Crippen LogP contribution in [0.4, 0.5) is 0 Å². The van der Waals surface area contributed by atoms with Crippen LogP contribution in [0, 0.1) is 0 Å². The molecule has 72 valence electrons. The highest BCUT2D eigenvalue weighted by Crippen LogP contribution is 1.86. The molecule has 0 aromatic rings. The molecule has 0 rings (SSSR count). The summed E-state index contributed by atoms with van der Waals surface area (Å²) in [6.07, 6.45) is 0.294. The molecule has 0 saturated carbocycles. The number of rotatable bonds is 4. The van der Waals surface area contributed by atoms with E-state index in [0.717, 1.165) is 0 Å². The van der Waals surface area contributed by atoms with Gasteiger partial charge in [-0.1, -0.05) is 0 Å². The SMILES string of the molecule is COC(=S)NCCCS(=O)(=O)O. The molecule has 7 heteroatoms. The van der Waals surface area contributed by atoms with E-state index in [9.17, 15) is 8.42 Å². The maximum Gasteiger partial charge on any atom is 0.264 e. The summed E-state index contributed by atoms with van der Waals surface area (Å²) in [5.41, 5.74) is 0. The summed E-state index contributed by atoms with van der Waals surface area (Å²) in [5, 5.41) is 2.85. The lowest BCUT2D eigenvalue weighted by molar-refractivity contribution is 0.392. The Morgan fingerprint density at radius 2 is 2.25 bits per heavy atom. The molecule has 12 heavy (non-hydrogen) atoms. The summed E-state index contributed by atoms with van der Waals surface area (Å²) < 4.78 is 33.3. The molecule has 2 N–H and O–H groups in total. The lowest BCUT2D eigenvalue weighted by Crippen LogP contribution is -2.25. The maximum atomic E-state index is 10.2. The van der Waals surface area contributed by atoms with E-state index in [0.29, 0.717) is 13.0 Å². The zero-order valence-electron chi connectivity index (χ0n) is 6.61. The van der Waals surface area contributed by atoms with Crippen molar-refractivity contribution in [1.82, 2.24) is 5.32 Å². The summed E-state index contributed by atoms with van der Waals surface area (Å²) >= 11 is 4.62. The maximum absolute atomic E-state index is 10.2. The molecule has 0 radical (unpaired) electrons. The second-order valence-corrected chi connectivity index (χ2v) is 4.00. The number of hydrogen-bond acceptors (Lipinski definition) is 4. The van der Waals surface area contributed by atoms with Gasteiger partial charge >= 0.3 is 0 Å². The molecule has 0 aromatic heterocycles. The number of ether oxygens (including phenoxy) is 1. The monoisotopic (exact) mass is 213 g/mol. The van der Waals surface area contributed by atoms with Gasteiger partial charge in [-0.3, -0.25) is 4.55 Å². The predicted molar refractivity (Wildman–Crippen MR) is 48.6 cm³/mol. The van der Waals surface area contributed by atoms with Crippen LogP contribution in [-0.2, 0) is 14.9 Å². The Labute approximate surface area is 76.8 Å². The Kier molecular flexibility index (Phi) is 5.11. The van der Waals surface area contributed by atoms with Crippen LogP contribution in [-0.4, -0.2) is 37.6 Å². The van der Waals surface area contributed by atoms with E-state index in [-0.39, 0.29) is 10.9 Å². The molecule has 0 atom stereocenters. The molecule has 5 nitrogen and oxygen atoms in total. The van der Waals surface area contributed by atoms with Gasteiger partial charge < -0.3 is 10.1 Å². The first kappa shape index (κ1) is 11.6. The second kappa shape index (κ2) is 5.28. The molecule has 0 bridgehead atoms. The highest BCUT2D eigenvalue weighted by Gasteiger charge is 2.03. The largest absolute Gasteiger partial charge is 0.474 e. The van der Waals surface area contributed by atoms with Gasteiger partial charge in [0.2, 0.25) is 0 Å². The van der Waals surface area contributed by atoms with E-state index < -0.39 is 10.1 Å². The van der Waals surface area contributed by atoms with Crippen molar-refractivity contribution in [1.29, 1.82) is 0 Å².